The highest BCUT2D eigenvalue weighted by atomic mass is 35.5. The Morgan fingerprint density at radius 2 is 1.85 bits per heavy atom. The van der Waals surface area contributed by atoms with Gasteiger partial charge in [0.2, 0.25) is 11.8 Å². The zero-order valence-corrected chi connectivity index (χ0v) is 24.5. The third kappa shape index (κ3) is 6.54. The Bertz CT molecular complexity index is 1520. The second-order valence-electron chi connectivity index (χ2n) is 9.59. The molecule has 1 aromatic heterocycles. The highest BCUT2D eigenvalue weighted by Gasteiger charge is 2.40. The van der Waals surface area contributed by atoms with Gasteiger partial charge in [-0.1, -0.05) is 29.8 Å². The summed E-state index contributed by atoms with van der Waals surface area (Å²) in [4.78, 5) is 39.9. The molecule has 2 aromatic carbocycles. The van der Waals surface area contributed by atoms with E-state index in [9.17, 15) is 27.7 Å². The second-order valence-corrected chi connectivity index (χ2v) is 12.0. The van der Waals surface area contributed by atoms with E-state index >= 15 is 0 Å². The molecule has 1 fully saturated rings. The summed E-state index contributed by atoms with van der Waals surface area (Å²) in [7, 11) is -3.67. The van der Waals surface area contributed by atoms with Gasteiger partial charge in [0, 0.05) is 35.7 Å². The summed E-state index contributed by atoms with van der Waals surface area (Å²) in [6.07, 6.45) is -0.140. The van der Waals surface area contributed by atoms with Gasteiger partial charge in [0.05, 0.1) is 35.6 Å². The van der Waals surface area contributed by atoms with Gasteiger partial charge in [-0.25, -0.2) is 8.78 Å². The highest BCUT2D eigenvalue weighted by molar-refractivity contribution is 7.62. The maximum atomic E-state index is 14.5. The number of hydrogen-bond acceptors (Lipinski definition) is 6. The number of carbonyl (C=O) groups is 3. The Balaban J connectivity index is 1.60. The van der Waals surface area contributed by atoms with Gasteiger partial charge in [0.15, 0.2) is 5.78 Å². The monoisotopic (exact) mass is 609 g/mol. The molecule has 13 heteroatoms. The summed E-state index contributed by atoms with van der Waals surface area (Å²) in [6.45, 7) is 4.24. The number of aromatic nitrogens is 1. The minimum absolute atomic E-state index is 0.0934. The topological polar surface area (TPSA) is 107 Å². The van der Waals surface area contributed by atoms with Crippen LogP contribution < -0.4 is 10.6 Å². The standard InChI is InChI=1S/C28H31ClF2N3O6P/c1-4-39-41(38,40-5-2)20-9-10-21-22(17(3)35)15-33(24(21)12-20)16-26(36)34-14-19(30)11-25(34)28(37)32-13-18-7-6-8-23(29)27(18)31/h6-10,12,15,19,25H,4-5,11,13-14,16H2,1-3H3,(H,32,37). The van der Waals surface area contributed by atoms with Gasteiger partial charge in [0.1, 0.15) is 24.6 Å². The Morgan fingerprint density at radius 3 is 2.51 bits per heavy atom. The van der Waals surface area contributed by atoms with Crippen LogP contribution in [-0.4, -0.2) is 59.0 Å². The predicted octanol–water partition coefficient (Wildman–Crippen LogP) is 4.78. The fourth-order valence-corrected chi connectivity index (χ4v) is 6.70. The summed E-state index contributed by atoms with van der Waals surface area (Å²) in [5, 5.41) is 3.25. The Kier molecular flexibility index (Phi) is 9.64. The second kappa shape index (κ2) is 12.8. The number of alkyl halides is 1. The number of benzene rings is 2. The summed E-state index contributed by atoms with van der Waals surface area (Å²) in [5.74, 6) is -2.11. The average Bonchev–Trinajstić information content (AvgIpc) is 3.50. The van der Waals surface area contributed by atoms with Crippen LogP contribution in [0.3, 0.4) is 0 Å². The van der Waals surface area contributed by atoms with Crippen molar-refractivity contribution in [2.45, 2.75) is 52.5 Å². The molecule has 2 amide bonds. The lowest BCUT2D eigenvalue weighted by Gasteiger charge is -2.24. The van der Waals surface area contributed by atoms with Crippen molar-refractivity contribution >= 4 is 53.0 Å². The van der Waals surface area contributed by atoms with Gasteiger partial charge in [0.25, 0.3) is 0 Å². The summed E-state index contributed by atoms with van der Waals surface area (Å²) < 4.78 is 54.5. The molecule has 0 spiro atoms. The molecule has 1 N–H and O–H groups in total. The van der Waals surface area contributed by atoms with E-state index < -0.39 is 37.4 Å². The molecule has 0 radical (unpaired) electrons. The molecule has 1 aliphatic heterocycles. The number of nitrogens with zero attached hydrogens (tertiary/aromatic N) is 2. The van der Waals surface area contributed by atoms with Gasteiger partial charge in [-0.2, -0.15) is 0 Å². The van der Waals surface area contributed by atoms with Crippen molar-refractivity contribution < 1.29 is 36.8 Å². The van der Waals surface area contributed by atoms with Crippen molar-refractivity contribution in [2.75, 3.05) is 19.8 Å². The van der Waals surface area contributed by atoms with Gasteiger partial charge in [-0.15, -0.1) is 0 Å². The molecule has 220 valence electrons. The van der Waals surface area contributed by atoms with Crippen LogP contribution >= 0.6 is 19.2 Å². The van der Waals surface area contributed by atoms with E-state index in [-0.39, 0.29) is 60.9 Å². The van der Waals surface area contributed by atoms with Gasteiger partial charge in [-0.05, 0) is 39.0 Å². The van der Waals surface area contributed by atoms with Crippen molar-refractivity contribution in [1.82, 2.24) is 14.8 Å². The lowest BCUT2D eigenvalue weighted by atomic mass is 10.1. The number of Topliss-reactive ketones (excluding diaryl/α,β-unsaturated/α-hetero) is 1. The molecule has 3 aromatic rings. The molecule has 9 nitrogen and oxygen atoms in total. The van der Waals surface area contributed by atoms with E-state index in [0.29, 0.717) is 16.5 Å². The summed E-state index contributed by atoms with van der Waals surface area (Å²) in [5.41, 5.74) is 0.917. The van der Waals surface area contributed by atoms with Crippen molar-refractivity contribution in [3.05, 3.63) is 64.6 Å². The first-order valence-electron chi connectivity index (χ1n) is 13.2. The molecular formula is C28H31ClF2N3O6P. The smallest absolute Gasteiger partial charge is 0.350 e. The molecule has 1 aliphatic rings. The normalized spacial score (nSPS) is 17.3. The van der Waals surface area contributed by atoms with E-state index in [0.717, 1.165) is 4.90 Å². The van der Waals surface area contributed by atoms with Crippen molar-refractivity contribution in [2.24, 2.45) is 0 Å². The largest absolute Gasteiger partial charge is 0.361 e. The average molecular weight is 610 g/mol. The molecule has 0 aliphatic carbocycles. The molecule has 2 unspecified atom stereocenters. The Morgan fingerprint density at radius 1 is 1.15 bits per heavy atom. The van der Waals surface area contributed by atoms with Crippen LogP contribution in [0.4, 0.5) is 8.78 Å². The maximum absolute atomic E-state index is 14.5. The minimum atomic E-state index is -3.67. The van der Waals surface area contributed by atoms with Gasteiger partial charge >= 0.3 is 7.60 Å². The third-order valence-corrected chi connectivity index (χ3v) is 9.22. The Labute approximate surface area is 241 Å². The van der Waals surface area contributed by atoms with Crippen LogP contribution in [0.1, 0.15) is 43.1 Å². The van der Waals surface area contributed by atoms with Crippen molar-refractivity contribution in [1.29, 1.82) is 0 Å². The number of halogens is 3. The number of nitrogens with one attached hydrogen (secondary N) is 1. The quantitative estimate of drug-likeness (QED) is 0.248. The minimum Gasteiger partial charge on any atom is -0.350 e. The molecule has 1 saturated heterocycles. The molecule has 0 saturated carbocycles. The number of amides is 2. The van der Waals surface area contributed by atoms with Gasteiger partial charge < -0.3 is 23.8 Å². The molecule has 4 rings (SSSR count). The van der Waals surface area contributed by atoms with Crippen LogP contribution in [-0.2, 0) is 36.3 Å². The first kappa shape index (κ1) is 30.8. The van der Waals surface area contributed by atoms with Crippen molar-refractivity contribution in [3.8, 4) is 0 Å². The predicted molar refractivity (Wildman–Crippen MR) is 151 cm³/mol. The van der Waals surface area contributed by atoms with Crippen molar-refractivity contribution in [3.63, 3.8) is 0 Å². The van der Waals surface area contributed by atoms with E-state index in [1.165, 1.54) is 29.8 Å². The molecule has 41 heavy (non-hydrogen) atoms. The van der Waals surface area contributed by atoms with E-state index in [1.54, 1.807) is 38.1 Å². The number of carbonyl (C=O) groups excluding carboxylic acids is 3. The molecule has 0 bridgehead atoms. The SMILES string of the molecule is CCOP(=O)(OCC)c1ccc2c(C(C)=O)cn(CC(=O)N3CC(F)CC3C(=O)NCc3cccc(Cl)c3F)c2c1. The van der Waals surface area contributed by atoms with E-state index in [4.69, 9.17) is 20.6 Å². The van der Waals surface area contributed by atoms with Crippen LogP contribution in [0.5, 0.6) is 0 Å². The number of hydrogen-bond donors (Lipinski definition) is 1. The van der Waals surface area contributed by atoms with Crippen LogP contribution in [0.2, 0.25) is 5.02 Å². The number of ketones is 1. The first-order valence-corrected chi connectivity index (χ1v) is 15.1. The number of fused-ring (bicyclic) bond motifs is 1. The van der Waals surface area contributed by atoms with E-state index in [1.807, 2.05) is 0 Å². The highest BCUT2D eigenvalue weighted by Crippen LogP contribution is 2.47. The fourth-order valence-electron chi connectivity index (χ4n) is 4.92. The van der Waals surface area contributed by atoms with Crippen LogP contribution in [0.15, 0.2) is 42.6 Å². The first-order chi connectivity index (χ1) is 19.5. The maximum Gasteiger partial charge on any atom is 0.361 e. The van der Waals surface area contributed by atoms with Crippen LogP contribution in [0.25, 0.3) is 10.9 Å². The Hall–Kier alpha value is -3.11. The molecule has 2 heterocycles. The molecular weight excluding hydrogens is 579 g/mol. The summed E-state index contributed by atoms with van der Waals surface area (Å²) >= 11 is 5.80. The lowest BCUT2D eigenvalue weighted by Crippen LogP contribution is -2.46. The van der Waals surface area contributed by atoms with E-state index in [2.05, 4.69) is 5.32 Å². The number of likely N-dealkylation sites (tertiary alicyclic amines) is 1. The summed E-state index contributed by atoms with van der Waals surface area (Å²) in [6, 6.07) is 8.00. The zero-order chi connectivity index (χ0) is 29.9. The fraction of sp³-hybridized carbons (Fsp3) is 0.393. The zero-order valence-electron chi connectivity index (χ0n) is 22.9. The third-order valence-electron chi connectivity index (χ3n) is 6.82. The lowest BCUT2D eigenvalue weighted by molar-refractivity contribution is -0.139. The molecule has 2 atom stereocenters. The van der Waals surface area contributed by atoms with Gasteiger partial charge in [-0.3, -0.25) is 18.9 Å². The number of rotatable bonds is 11. The van der Waals surface area contributed by atoms with Crippen LogP contribution in [0, 0.1) is 5.82 Å².